The van der Waals surface area contributed by atoms with Crippen LogP contribution in [0, 0.1) is 11.8 Å². The molecule has 0 saturated carbocycles. The minimum Gasteiger partial charge on any atom is -0.378 e. The van der Waals surface area contributed by atoms with Crippen molar-refractivity contribution < 1.29 is 4.79 Å². The van der Waals surface area contributed by atoms with Crippen molar-refractivity contribution in [2.24, 2.45) is 11.8 Å². The van der Waals surface area contributed by atoms with Gasteiger partial charge < -0.3 is 19.3 Å². The van der Waals surface area contributed by atoms with Gasteiger partial charge in [0, 0.05) is 69.9 Å². The summed E-state index contributed by atoms with van der Waals surface area (Å²) >= 11 is 0. The van der Waals surface area contributed by atoms with Crippen molar-refractivity contribution in [1.82, 2.24) is 24.4 Å². The second-order valence-corrected chi connectivity index (χ2v) is 8.48. The first kappa shape index (κ1) is 18.8. The number of hydrogen-bond acceptors (Lipinski definition) is 6. The molecule has 2 aliphatic heterocycles. The van der Waals surface area contributed by atoms with Crippen LogP contribution in [0.15, 0.2) is 36.9 Å². The topological polar surface area (TPSA) is 70.4 Å². The average Bonchev–Trinajstić information content (AvgIpc) is 3.45. The van der Waals surface area contributed by atoms with E-state index < -0.39 is 0 Å². The smallest absolute Gasteiger partial charge is 0.253 e. The first-order valence-electron chi connectivity index (χ1n) is 10.5. The summed E-state index contributed by atoms with van der Waals surface area (Å²) in [6.07, 6.45) is 3.47. The molecule has 8 nitrogen and oxygen atoms in total. The van der Waals surface area contributed by atoms with E-state index >= 15 is 0 Å². The molecule has 3 aromatic rings. The number of fused-ring (bicyclic) bond motifs is 2. The molecular weight excluding hydrogens is 378 g/mol. The Morgan fingerprint density at radius 1 is 1.03 bits per heavy atom. The first-order chi connectivity index (χ1) is 14.5. The van der Waals surface area contributed by atoms with Crippen LogP contribution in [0.1, 0.15) is 17.3 Å². The Balaban J connectivity index is 1.29. The molecule has 0 spiro atoms. The summed E-state index contributed by atoms with van der Waals surface area (Å²) < 4.78 is 2.04. The van der Waals surface area contributed by atoms with Gasteiger partial charge in [-0.15, -0.1) is 0 Å². The van der Waals surface area contributed by atoms with Gasteiger partial charge in [0.15, 0.2) is 17.0 Å². The second-order valence-electron chi connectivity index (χ2n) is 8.48. The molecule has 2 saturated heterocycles. The van der Waals surface area contributed by atoms with E-state index in [-0.39, 0.29) is 5.91 Å². The highest BCUT2D eigenvalue weighted by Gasteiger charge is 2.42. The second kappa shape index (κ2) is 7.27. The fraction of sp³-hybridized carbons (Fsp3) is 0.455. The van der Waals surface area contributed by atoms with E-state index in [4.69, 9.17) is 0 Å². The third-order valence-corrected chi connectivity index (χ3v) is 6.43. The van der Waals surface area contributed by atoms with Crippen LogP contribution in [-0.4, -0.2) is 70.6 Å². The van der Waals surface area contributed by atoms with Crippen molar-refractivity contribution in [3.05, 3.63) is 42.5 Å². The Labute approximate surface area is 176 Å². The molecule has 2 fully saturated rings. The largest absolute Gasteiger partial charge is 0.378 e. The number of nitrogens with zero attached hydrogens (tertiary/aromatic N) is 7. The van der Waals surface area contributed by atoms with Crippen molar-refractivity contribution in [3.63, 3.8) is 0 Å². The van der Waals surface area contributed by atoms with Gasteiger partial charge in [-0.05, 0) is 31.2 Å². The number of rotatable bonds is 4. The van der Waals surface area contributed by atoms with Crippen LogP contribution in [0.4, 0.5) is 11.5 Å². The fourth-order valence-corrected chi connectivity index (χ4v) is 4.75. The van der Waals surface area contributed by atoms with Crippen molar-refractivity contribution in [3.8, 4) is 0 Å². The van der Waals surface area contributed by atoms with Crippen molar-refractivity contribution in [1.29, 1.82) is 0 Å². The average molecular weight is 406 g/mol. The molecule has 2 aromatic heterocycles. The number of benzene rings is 1. The molecule has 0 bridgehead atoms. The van der Waals surface area contributed by atoms with Gasteiger partial charge in [0.05, 0.1) is 6.33 Å². The zero-order chi connectivity index (χ0) is 20.8. The van der Waals surface area contributed by atoms with Gasteiger partial charge >= 0.3 is 0 Å². The summed E-state index contributed by atoms with van der Waals surface area (Å²) in [6, 6.07) is 7.86. The number of carbonyl (C=O) groups is 1. The van der Waals surface area contributed by atoms with Crippen LogP contribution >= 0.6 is 0 Å². The molecule has 0 N–H and O–H groups in total. The van der Waals surface area contributed by atoms with Crippen LogP contribution in [0.2, 0.25) is 0 Å². The number of carbonyl (C=O) groups excluding carboxylic acids is 1. The van der Waals surface area contributed by atoms with Crippen LogP contribution in [0.25, 0.3) is 11.2 Å². The minimum absolute atomic E-state index is 0.132. The normalized spacial score (nSPS) is 20.8. The lowest BCUT2D eigenvalue weighted by Crippen LogP contribution is -2.33. The Bertz CT molecular complexity index is 1060. The minimum atomic E-state index is 0.132. The van der Waals surface area contributed by atoms with E-state index in [0.29, 0.717) is 11.8 Å². The Morgan fingerprint density at radius 2 is 1.73 bits per heavy atom. The summed E-state index contributed by atoms with van der Waals surface area (Å²) in [5.74, 6) is 1.98. The molecule has 5 rings (SSSR count). The van der Waals surface area contributed by atoms with E-state index in [1.54, 1.807) is 6.33 Å². The maximum Gasteiger partial charge on any atom is 0.253 e. The summed E-state index contributed by atoms with van der Waals surface area (Å²) in [6.45, 7) is 6.33. The van der Waals surface area contributed by atoms with Crippen LogP contribution in [0.5, 0.6) is 0 Å². The maximum absolute atomic E-state index is 13.0. The predicted molar refractivity (Wildman–Crippen MR) is 117 cm³/mol. The molecule has 2 unspecified atom stereocenters. The van der Waals surface area contributed by atoms with Gasteiger partial charge in [-0.3, -0.25) is 4.79 Å². The molecular formula is C22H27N7O. The molecule has 8 heteroatoms. The van der Waals surface area contributed by atoms with Gasteiger partial charge in [0.2, 0.25) is 0 Å². The van der Waals surface area contributed by atoms with Crippen LogP contribution in [-0.2, 0) is 6.54 Å². The Morgan fingerprint density at radius 3 is 2.37 bits per heavy atom. The zero-order valence-corrected chi connectivity index (χ0v) is 17.7. The van der Waals surface area contributed by atoms with Crippen molar-refractivity contribution >= 4 is 28.6 Å². The summed E-state index contributed by atoms with van der Waals surface area (Å²) in [5, 5.41) is 0. The molecule has 2 aliphatic rings. The lowest BCUT2D eigenvalue weighted by molar-refractivity contribution is 0.0782. The van der Waals surface area contributed by atoms with E-state index in [1.807, 2.05) is 59.1 Å². The number of likely N-dealkylation sites (tertiary alicyclic amines) is 1. The highest BCUT2D eigenvalue weighted by molar-refractivity contribution is 5.95. The molecule has 4 heterocycles. The number of aryl methyl sites for hydroxylation is 1. The SMILES string of the molecule is CCn1cnc2c(N3CC4CN(C(=O)c5ccc(N(C)C)cc5)CC4C3)ncnc21. The first-order valence-corrected chi connectivity index (χ1v) is 10.5. The fourth-order valence-electron chi connectivity index (χ4n) is 4.75. The molecule has 0 aliphatic carbocycles. The summed E-state index contributed by atoms with van der Waals surface area (Å²) in [4.78, 5) is 32.9. The highest BCUT2D eigenvalue weighted by atomic mass is 16.2. The van der Waals surface area contributed by atoms with Gasteiger partial charge in [-0.25, -0.2) is 15.0 Å². The Kier molecular flexibility index (Phi) is 4.56. The van der Waals surface area contributed by atoms with E-state index in [1.165, 1.54) is 0 Å². The molecule has 2 atom stereocenters. The van der Waals surface area contributed by atoms with Crippen molar-refractivity contribution in [2.45, 2.75) is 13.5 Å². The number of anilines is 2. The summed E-state index contributed by atoms with van der Waals surface area (Å²) in [7, 11) is 4.00. The van der Waals surface area contributed by atoms with Gasteiger partial charge in [-0.2, -0.15) is 0 Å². The van der Waals surface area contributed by atoms with Crippen LogP contribution in [0.3, 0.4) is 0 Å². The predicted octanol–water partition coefficient (Wildman–Crippen LogP) is 2.12. The third-order valence-electron chi connectivity index (χ3n) is 6.43. The molecule has 156 valence electrons. The lowest BCUT2D eigenvalue weighted by Gasteiger charge is -2.23. The number of amides is 1. The Hall–Kier alpha value is -3.16. The number of hydrogen-bond donors (Lipinski definition) is 0. The highest BCUT2D eigenvalue weighted by Crippen LogP contribution is 2.35. The zero-order valence-electron chi connectivity index (χ0n) is 17.7. The number of aromatic nitrogens is 4. The van der Waals surface area contributed by atoms with Gasteiger partial charge in [-0.1, -0.05) is 0 Å². The molecule has 0 radical (unpaired) electrons. The molecule has 1 aromatic carbocycles. The monoisotopic (exact) mass is 405 g/mol. The van der Waals surface area contributed by atoms with Gasteiger partial charge in [0.1, 0.15) is 6.33 Å². The van der Waals surface area contributed by atoms with Crippen molar-refractivity contribution in [2.75, 3.05) is 50.1 Å². The van der Waals surface area contributed by atoms with Gasteiger partial charge in [0.25, 0.3) is 5.91 Å². The van der Waals surface area contributed by atoms with E-state index in [0.717, 1.165) is 61.0 Å². The summed E-state index contributed by atoms with van der Waals surface area (Å²) in [5.41, 5.74) is 3.62. The number of imidazole rings is 1. The molecule has 1 amide bonds. The van der Waals surface area contributed by atoms with E-state index in [2.05, 4.69) is 26.8 Å². The molecule has 30 heavy (non-hydrogen) atoms. The van der Waals surface area contributed by atoms with Crippen LogP contribution < -0.4 is 9.80 Å². The third kappa shape index (κ3) is 3.07. The van der Waals surface area contributed by atoms with E-state index in [9.17, 15) is 4.79 Å². The lowest BCUT2D eigenvalue weighted by atomic mass is 10.0. The standard InChI is InChI=1S/C22H27N7O/c1-4-27-14-25-19-20(27)23-13-24-21(19)28-9-16-11-29(12-17(16)10-28)22(30)15-5-7-18(8-6-15)26(2)3/h5-8,13-14,16-17H,4,9-12H2,1-3H3. The maximum atomic E-state index is 13.0. The quantitative estimate of drug-likeness (QED) is 0.662.